The molecule has 2 aliphatic heterocycles. The van der Waals surface area contributed by atoms with Gasteiger partial charge in [-0.2, -0.15) is 0 Å². The van der Waals surface area contributed by atoms with Crippen LogP contribution in [0.3, 0.4) is 0 Å². The zero-order chi connectivity index (χ0) is 20.4. The Morgan fingerprint density at radius 3 is 2.66 bits per heavy atom. The maximum absolute atomic E-state index is 12.5. The number of likely N-dealkylation sites (tertiary alicyclic amines) is 2. The van der Waals surface area contributed by atoms with Crippen molar-refractivity contribution in [1.29, 1.82) is 0 Å². The largest absolute Gasteiger partial charge is 0.470 e. The molecule has 0 aliphatic carbocycles. The lowest BCUT2D eigenvalue weighted by atomic mass is 9.91. The van der Waals surface area contributed by atoms with Crippen molar-refractivity contribution in [2.75, 3.05) is 26.2 Å². The van der Waals surface area contributed by atoms with E-state index in [2.05, 4.69) is 9.97 Å². The van der Waals surface area contributed by atoms with Gasteiger partial charge in [0, 0.05) is 43.9 Å². The summed E-state index contributed by atoms with van der Waals surface area (Å²) >= 11 is 0. The second-order valence-corrected chi connectivity index (χ2v) is 7.87. The topological polar surface area (TPSA) is 75.6 Å². The van der Waals surface area contributed by atoms with E-state index in [1.54, 1.807) is 30.3 Å². The average Bonchev–Trinajstić information content (AvgIpc) is 2.71. The third-order valence-corrected chi connectivity index (χ3v) is 5.65. The van der Waals surface area contributed by atoms with Crippen LogP contribution in [0, 0.1) is 6.92 Å². The van der Waals surface area contributed by atoms with Gasteiger partial charge in [-0.3, -0.25) is 14.6 Å². The maximum Gasteiger partial charge on any atom is 0.272 e. The highest BCUT2D eigenvalue weighted by molar-refractivity contribution is 5.92. The molecule has 4 rings (SSSR count). The fourth-order valence-electron chi connectivity index (χ4n) is 3.92. The SMILES string of the molecule is CC(=O)N1CCCC(c2cccnc2OC2CN(C(=O)c3ccc(C)cn3)C2)C1. The van der Waals surface area contributed by atoms with Crippen LogP contribution in [0.4, 0.5) is 0 Å². The van der Waals surface area contributed by atoms with Crippen molar-refractivity contribution in [3.63, 3.8) is 0 Å². The normalized spacial score (nSPS) is 19.6. The Hall–Kier alpha value is -2.96. The number of aryl methyl sites for hydroxylation is 1. The molecular formula is C22H26N4O3. The van der Waals surface area contributed by atoms with Crippen LogP contribution in [0.15, 0.2) is 36.7 Å². The summed E-state index contributed by atoms with van der Waals surface area (Å²) in [5.41, 5.74) is 2.53. The second kappa shape index (κ2) is 8.19. The van der Waals surface area contributed by atoms with Gasteiger partial charge in [0.2, 0.25) is 11.8 Å². The van der Waals surface area contributed by atoms with E-state index in [9.17, 15) is 9.59 Å². The van der Waals surface area contributed by atoms with Crippen molar-refractivity contribution < 1.29 is 14.3 Å². The average molecular weight is 394 g/mol. The van der Waals surface area contributed by atoms with Crippen LogP contribution in [0.25, 0.3) is 0 Å². The monoisotopic (exact) mass is 394 g/mol. The number of nitrogens with zero attached hydrogens (tertiary/aromatic N) is 4. The first-order valence-electron chi connectivity index (χ1n) is 10.1. The molecule has 1 atom stereocenters. The van der Waals surface area contributed by atoms with Gasteiger partial charge < -0.3 is 14.5 Å². The molecule has 0 N–H and O–H groups in total. The lowest BCUT2D eigenvalue weighted by Crippen LogP contribution is -2.56. The number of hydrogen-bond donors (Lipinski definition) is 0. The summed E-state index contributed by atoms with van der Waals surface area (Å²) in [6, 6.07) is 7.60. The molecule has 2 saturated heterocycles. The molecule has 2 aromatic rings. The lowest BCUT2D eigenvalue weighted by Gasteiger charge is -2.39. The smallest absolute Gasteiger partial charge is 0.272 e. The molecule has 4 heterocycles. The van der Waals surface area contributed by atoms with E-state index in [1.165, 1.54) is 0 Å². The molecule has 0 spiro atoms. The molecule has 0 radical (unpaired) electrons. The molecule has 7 heteroatoms. The van der Waals surface area contributed by atoms with Crippen LogP contribution in [-0.4, -0.2) is 63.9 Å². The summed E-state index contributed by atoms with van der Waals surface area (Å²) in [6.45, 7) is 6.12. The lowest BCUT2D eigenvalue weighted by molar-refractivity contribution is -0.130. The molecule has 2 fully saturated rings. The highest BCUT2D eigenvalue weighted by Crippen LogP contribution is 2.33. The van der Waals surface area contributed by atoms with E-state index >= 15 is 0 Å². The number of piperidine rings is 1. The van der Waals surface area contributed by atoms with Gasteiger partial charge in [0.05, 0.1) is 13.1 Å². The van der Waals surface area contributed by atoms with E-state index in [-0.39, 0.29) is 23.8 Å². The number of amides is 2. The quantitative estimate of drug-likeness (QED) is 0.796. The number of ether oxygens (including phenoxy) is 1. The predicted octanol–water partition coefficient (Wildman–Crippen LogP) is 2.41. The fourth-order valence-corrected chi connectivity index (χ4v) is 3.92. The zero-order valence-corrected chi connectivity index (χ0v) is 16.9. The Kier molecular flexibility index (Phi) is 5.47. The fraction of sp³-hybridized carbons (Fsp3) is 0.455. The first-order valence-corrected chi connectivity index (χ1v) is 10.1. The Morgan fingerprint density at radius 2 is 1.93 bits per heavy atom. The zero-order valence-electron chi connectivity index (χ0n) is 16.9. The van der Waals surface area contributed by atoms with Crippen molar-refractivity contribution in [3.05, 3.63) is 53.5 Å². The molecule has 2 aromatic heterocycles. The summed E-state index contributed by atoms with van der Waals surface area (Å²) < 4.78 is 6.14. The third kappa shape index (κ3) is 4.23. The Morgan fingerprint density at radius 1 is 1.10 bits per heavy atom. The van der Waals surface area contributed by atoms with E-state index in [1.807, 2.05) is 30.0 Å². The minimum atomic E-state index is -0.0782. The van der Waals surface area contributed by atoms with Gasteiger partial charge in [0.15, 0.2) is 0 Å². The third-order valence-electron chi connectivity index (χ3n) is 5.65. The number of pyridine rings is 2. The van der Waals surface area contributed by atoms with Gasteiger partial charge in [-0.25, -0.2) is 4.98 Å². The van der Waals surface area contributed by atoms with Gasteiger partial charge >= 0.3 is 0 Å². The molecule has 152 valence electrons. The number of aromatic nitrogens is 2. The summed E-state index contributed by atoms with van der Waals surface area (Å²) in [7, 11) is 0. The van der Waals surface area contributed by atoms with E-state index in [0.717, 1.165) is 30.5 Å². The number of hydrogen-bond acceptors (Lipinski definition) is 5. The molecule has 0 aromatic carbocycles. The van der Waals surface area contributed by atoms with Crippen molar-refractivity contribution in [2.45, 2.75) is 38.7 Å². The number of carbonyl (C=O) groups is 2. The van der Waals surface area contributed by atoms with Crippen LogP contribution < -0.4 is 4.74 Å². The molecule has 2 amide bonds. The van der Waals surface area contributed by atoms with Gasteiger partial charge in [-0.05, 0) is 37.5 Å². The Bertz CT molecular complexity index is 893. The minimum Gasteiger partial charge on any atom is -0.470 e. The first kappa shape index (κ1) is 19.4. The van der Waals surface area contributed by atoms with E-state index < -0.39 is 0 Å². The standard InChI is InChI=1S/C22H26N4O3/c1-15-7-8-20(24-11-15)22(28)26-13-18(14-26)29-21-19(6-3-9-23-21)17-5-4-10-25(12-17)16(2)27/h3,6-9,11,17-18H,4-5,10,12-14H2,1-2H3. The molecule has 2 aliphatic rings. The molecule has 1 unspecified atom stereocenters. The Balaban J connectivity index is 1.38. The summed E-state index contributed by atoms with van der Waals surface area (Å²) in [5, 5.41) is 0. The van der Waals surface area contributed by atoms with E-state index in [0.29, 0.717) is 31.2 Å². The Labute approximate surface area is 170 Å². The van der Waals surface area contributed by atoms with Gasteiger partial charge in [0.1, 0.15) is 11.8 Å². The van der Waals surface area contributed by atoms with Crippen molar-refractivity contribution in [3.8, 4) is 5.88 Å². The molecule has 7 nitrogen and oxygen atoms in total. The molecular weight excluding hydrogens is 368 g/mol. The molecule has 0 saturated carbocycles. The highest BCUT2D eigenvalue weighted by Gasteiger charge is 2.35. The van der Waals surface area contributed by atoms with Crippen LogP contribution >= 0.6 is 0 Å². The van der Waals surface area contributed by atoms with Crippen LogP contribution in [0.5, 0.6) is 5.88 Å². The number of rotatable bonds is 4. The predicted molar refractivity (Wildman–Crippen MR) is 108 cm³/mol. The second-order valence-electron chi connectivity index (χ2n) is 7.87. The molecule has 0 bridgehead atoms. The minimum absolute atomic E-state index is 0.0736. The van der Waals surface area contributed by atoms with Crippen LogP contribution in [-0.2, 0) is 4.79 Å². The van der Waals surface area contributed by atoms with Gasteiger partial charge in [-0.15, -0.1) is 0 Å². The van der Waals surface area contributed by atoms with Gasteiger partial charge in [0.25, 0.3) is 5.91 Å². The number of carbonyl (C=O) groups excluding carboxylic acids is 2. The summed E-state index contributed by atoms with van der Waals surface area (Å²) in [6.07, 6.45) is 5.34. The van der Waals surface area contributed by atoms with Crippen molar-refractivity contribution >= 4 is 11.8 Å². The molecule has 29 heavy (non-hydrogen) atoms. The first-order chi connectivity index (χ1) is 14.0. The highest BCUT2D eigenvalue weighted by atomic mass is 16.5. The van der Waals surface area contributed by atoms with Gasteiger partial charge in [-0.1, -0.05) is 12.1 Å². The van der Waals surface area contributed by atoms with Crippen LogP contribution in [0.1, 0.15) is 47.3 Å². The summed E-state index contributed by atoms with van der Waals surface area (Å²) in [5.74, 6) is 0.883. The van der Waals surface area contributed by atoms with Crippen molar-refractivity contribution in [2.24, 2.45) is 0 Å². The van der Waals surface area contributed by atoms with Crippen LogP contribution in [0.2, 0.25) is 0 Å². The van der Waals surface area contributed by atoms with E-state index in [4.69, 9.17) is 4.74 Å². The maximum atomic E-state index is 12.5. The summed E-state index contributed by atoms with van der Waals surface area (Å²) in [4.78, 5) is 36.6. The van der Waals surface area contributed by atoms with Crippen molar-refractivity contribution in [1.82, 2.24) is 19.8 Å².